The van der Waals surface area contributed by atoms with E-state index in [4.69, 9.17) is 4.74 Å². The number of ether oxygens (including phenoxy) is 1. The van der Waals surface area contributed by atoms with Crippen molar-refractivity contribution in [3.8, 4) is 5.75 Å². The van der Waals surface area contributed by atoms with E-state index in [2.05, 4.69) is 6.58 Å². The topological polar surface area (TPSA) is 29.5 Å². The standard InChI is InChI=1S/C19H24F3NO2/c1-6-18(4,13-7-8-14(2)3)23(17(24)19(20,21)22)15-9-11-16(25-5)12-10-15/h6,8-12H,1,7,13H2,2-5H3/t18-/m0/s1. The Kier molecular flexibility index (Phi) is 6.85. The van der Waals surface area contributed by atoms with Gasteiger partial charge in [0.2, 0.25) is 0 Å². The minimum absolute atomic E-state index is 0.141. The lowest BCUT2D eigenvalue weighted by Crippen LogP contribution is -2.53. The Hall–Kier alpha value is -2.24. The molecule has 1 aromatic carbocycles. The molecule has 1 atom stereocenters. The van der Waals surface area contributed by atoms with E-state index >= 15 is 0 Å². The summed E-state index contributed by atoms with van der Waals surface area (Å²) in [5.74, 6) is -1.43. The maximum absolute atomic E-state index is 13.2. The SMILES string of the molecule is C=C[C@@](C)(CCC=C(C)C)N(C(=O)C(F)(F)F)c1ccc(OC)cc1. The maximum Gasteiger partial charge on any atom is 0.471 e. The first kappa shape index (κ1) is 20.8. The first-order valence-corrected chi connectivity index (χ1v) is 7.87. The second-order valence-electron chi connectivity index (χ2n) is 6.22. The Morgan fingerprint density at radius 3 is 2.20 bits per heavy atom. The van der Waals surface area contributed by atoms with Gasteiger partial charge in [0.1, 0.15) is 5.75 Å². The van der Waals surface area contributed by atoms with Crippen LogP contribution in [0.15, 0.2) is 48.6 Å². The van der Waals surface area contributed by atoms with Crippen molar-refractivity contribution in [1.29, 1.82) is 0 Å². The van der Waals surface area contributed by atoms with Crippen molar-refractivity contribution in [2.45, 2.75) is 45.3 Å². The number of rotatable bonds is 7. The fraction of sp³-hybridized carbons (Fsp3) is 0.421. The van der Waals surface area contributed by atoms with E-state index in [0.29, 0.717) is 18.6 Å². The van der Waals surface area contributed by atoms with Crippen LogP contribution in [-0.4, -0.2) is 24.7 Å². The number of methoxy groups -OCH3 is 1. The molecule has 1 amide bonds. The molecule has 0 unspecified atom stereocenters. The number of carbonyl (C=O) groups excluding carboxylic acids is 1. The number of alkyl halides is 3. The minimum atomic E-state index is -4.99. The van der Waals surface area contributed by atoms with Gasteiger partial charge in [0.25, 0.3) is 0 Å². The van der Waals surface area contributed by atoms with Crippen molar-refractivity contribution in [3.63, 3.8) is 0 Å². The zero-order chi connectivity index (χ0) is 19.3. The smallest absolute Gasteiger partial charge is 0.471 e. The summed E-state index contributed by atoms with van der Waals surface area (Å²) in [7, 11) is 1.46. The minimum Gasteiger partial charge on any atom is -0.497 e. The van der Waals surface area contributed by atoms with Gasteiger partial charge in [-0.2, -0.15) is 13.2 Å². The molecule has 0 aliphatic carbocycles. The number of carbonyl (C=O) groups is 1. The van der Waals surface area contributed by atoms with Gasteiger partial charge in [-0.05, 0) is 57.9 Å². The number of hydrogen-bond acceptors (Lipinski definition) is 2. The molecule has 0 aromatic heterocycles. The van der Waals surface area contributed by atoms with Crippen LogP contribution in [0.2, 0.25) is 0 Å². The summed E-state index contributed by atoms with van der Waals surface area (Å²) in [5.41, 5.74) is 0.0138. The van der Waals surface area contributed by atoms with Gasteiger partial charge in [-0.25, -0.2) is 0 Å². The number of allylic oxidation sites excluding steroid dienone is 2. The highest BCUT2D eigenvalue weighted by atomic mass is 19.4. The van der Waals surface area contributed by atoms with Crippen LogP contribution in [0.4, 0.5) is 18.9 Å². The van der Waals surface area contributed by atoms with Crippen LogP contribution in [0.25, 0.3) is 0 Å². The molecule has 6 heteroatoms. The number of amides is 1. The molecule has 0 spiro atoms. The lowest BCUT2D eigenvalue weighted by atomic mass is 9.92. The summed E-state index contributed by atoms with van der Waals surface area (Å²) < 4.78 is 44.6. The van der Waals surface area contributed by atoms with Crippen LogP contribution in [0.3, 0.4) is 0 Å². The summed E-state index contributed by atoms with van der Waals surface area (Å²) in [6, 6.07) is 5.91. The number of nitrogens with zero attached hydrogens (tertiary/aromatic N) is 1. The van der Waals surface area contributed by atoms with E-state index in [1.165, 1.54) is 37.5 Å². The average Bonchev–Trinajstić information content (AvgIpc) is 2.54. The zero-order valence-electron chi connectivity index (χ0n) is 15.0. The number of anilines is 1. The van der Waals surface area contributed by atoms with Gasteiger partial charge >= 0.3 is 12.1 Å². The normalized spacial score (nSPS) is 13.6. The molecule has 1 rings (SSSR count). The van der Waals surface area contributed by atoms with E-state index in [-0.39, 0.29) is 5.69 Å². The summed E-state index contributed by atoms with van der Waals surface area (Å²) in [5, 5.41) is 0. The van der Waals surface area contributed by atoms with Crippen molar-refractivity contribution >= 4 is 11.6 Å². The quantitative estimate of drug-likeness (QED) is 0.623. The summed E-state index contributed by atoms with van der Waals surface area (Å²) in [4.78, 5) is 12.9. The fourth-order valence-electron chi connectivity index (χ4n) is 2.46. The Bertz CT molecular complexity index is 631. The third kappa shape index (κ3) is 5.37. The Balaban J connectivity index is 3.34. The molecule has 0 heterocycles. The number of halogens is 3. The first-order chi connectivity index (χ1) is 11.5. The molecule has 0 aliphatic rings. The average molecular weight is 355 g/mol. The lowest BCUT2D eigenvalue weighted by Gasteiger charge is -2.39. The van der Waals surface area contributed by atoms with Crippen molar-refractivity contribution < 1.29 is 22.7 Å². The molecule has 0 saturated heterocycles. The predicted molar refractivity (Wildman–Crippen MR) is 93.8 cm³/mol. The Morgan fingerprint density at radius 2 is 1.80 bits per heavy atom. The predicted octanol–water partition coefficient (Wildman–Crippen LogP) is 5.28. The van der Waals surface area contributed by atoms with Crippen LogP contribution in [0.1, 0.15) is 33.6 Å². The monoisotopic (exact) mass is 355 g/mol. The summed E-state index contributed by atoms with van der Waals surface area (Å²) in [6.45, 7) is 9.06. The molecule has 1 aromatic rings. The van der Waals surface area contributed by atoms with Crippen LogP contribution >= 0.6 is 0 Å². The van der Waals surface area contributed by atoms with Gasteiger partial charge in [0, 0.05) is 5.69 Å². The van der Waals surface area contributed by atoms with Crippen molar-refractivity contribution in [3.05, 3.63) is 48.6 Å². The molecular formula is C19H24F3NO2. The molecule has 0 aliphatic heterocycles. The second kappa shape index (κ2) is 8.23. The van der Waals surface area contributed by atoms with E-state index in [9.17, 15) is 18.0 Å². The molecule has 0 N–H and O–H groups in total. The molecule has 0 radical (unpaired) electrons. The number of benzene rings is 1. The summed E-state index contributed by atoms with van der Waals surface area (Å²) in [6.07, 6.45) is -0.829. The van der Waals surface area contributed by atoms with Crippen LogP contribution < -0.4 is 9.64 Å². The van der Waals surface area contributed by atoms with Crippen molar-refractivity contribution in [2.75, 3.05) is 12.0 Å². The van der Waals surface area contributed by atoms with E-state index in [0.717, 1.165) is 10.5 Å². The number of hydrogen-bond donors (Lipinski definition) is 0. The van der Waals surface area contributed by atoms with E-state index in [1.54, 1.807) is 6.92 Å². The molecule has 3 nitrogen and oxygen atoms in total. The summed E-state index contributed by atoms with van der Waals surface area (Å²) >= 11 is 0. The van der Waals surface area contributed by atoms with Gasteiger partial charge in [-0.1, -0.05) is 17.7 Å². The van der Waals surface area contributed by atoms with Gasteiger partial charge in [0.15, 0.2) is 0 Å². The van der Waals surface area contributed by atoms with Gasteiger partial charge < -0.3 is 4.74 Å². The molecule has 0 saturated carbocycles. The van der Waals surface area contributed by atoms with Gasteiger partial charge in [0.05, 0.1) is 12.6 Å². The first-order valence-electron chi connectivity index (χ1n) is 7.87. The molecule has 25 heavy (non-hydrogen) atoms. The van der Waals surface area contributed by atoms with E-state index < -0.39 is 17.6 Å². The Morgan fingerprint density at radius 1 is 1.24 bits per heavy atom. The van der Waals surface area contributed by atoms with E-state index in [1.807, 2.05) is 19.9 Å². The van der Waals surface area contributed by atoms with Gasteiger partial charge in [-0.15, -0.1) is 6.58 Å². The van der Waals surface area contributed by atoms with Gasteiger partial charge in [-0.3, -0.25) is 9.69 Å². The molecule has 0 fully saturated rings. The Labute approximate surface area is 146 Å². The van der Waals surface area contributed by atoms with Crippen LogP contribution in [0, 0.1) is 0 Å². The van der Waals surface area contributed by atoms with Crippen LogP contribution in [-0.2, 0) is 4.79 Å². The van der Waals surface area contributed by atoms with Crippen molar-refractivity contribution in [2.24, 2.45) is 0 Å². The highest BCUT2D eigenvalue weighted by molar-refractivity contribution is 5.99. The highest BCUT2D eigenvalue weighted by Crippen LogP contribution is 2.34. The largest absolute Gasteiger partial charge is 0.497 e. The van der Waals surface area contributed by atoms with Crippen molar-refractivity contribution in [1.82, 2.24) is 0 Å². The lowest BCUT2D eigenvalue weighted by molar-refractivity contribution is -0.171. The fourth-order valence-corrected chi connectivity index (χ4v) is 2.46. The van der Waals surface area contributed by atoms with Crippen LogP contribution in [0.5, 0.6) is 5.75 Å². The maximum atomic E-state index is 13.2. The third-order valence-corrected chi connectivity index (χ3v) is 3.93. The second-order valence-corrected chi connectivity index (χ2v) is 6.22. The molecule has 0 bridgehead atoms. The zero-order valence-corrected chi connectivity index (χ0v) is 15.0. The molecule has 138 valence electrons. The highest BCUT2D eigenvalue weighted by Gasteiger charge is 2.48. The third-order valence-electron chi connectivity index (χ3n) is 3.93. The molecular weight excluding hydrogens is 331 g/mol.